The molecule has 0 atom stereocenters. The number of nitrogens with one attached hydrogen (secondary N) is 1. The first-order chi connectivity index (χ1) is 8.50. The Kier molecular flexibility index (Phi) is 5.61. The van der Waals surface area contributed by atoms with Gasteiger partial charge in [0.15, 0.2) is 0 Å². The van der Waals surface area contributed by atoms with E-state index in [9.17, 15) is 4.79 Å². The molecule has 0 fully saturated rings. The van der Waals surface area contributed by atoms with E-state index < -0.39 is 5.97 Å². The predicted octanol–water partition coefficient (Wildman–Crippen LogP) is 2.44. The summed E-state index contributed by atoms with van der Waals surface area (Å²) in [7, 11) is 0. The molecular formula is C12H15ClN2O3. The molecule has 2 N–H and O–H groups in total. The standard InChI is InChI=1S/C12H15ClN2O3/c1-8(2)7-18-4-3-14-11-10(13)5-9(6-15-11)12(16)17/h5-6H,1,3-4,7H2,2H3,(H,14,15)(H,16,17). The van der Waals surface area contributed by atoms with Crippen LogP contribution in [-0.4, -0.2) is 35.8 Å². The number of carboxylic acids is 1. The van der Waals surface area contributed by atoms with E-state index in [1.165, 1.54) is 12.3 Å². The van der Waals surface area contributed by atoms with E-state index in [-0.39, 0.29) is 10.6 Å². The van der Waals surface area contributed by atoms with Crippen molar-refractivity contribution in [3.8, 4) is 0 Å². The lowest BCUT2D eigenvalue weighted by atomic mass is 10.3. The lowest BCUT2D eigenvalue weighted by Gasteiger charge is -2.08. The minimum atomic E-state index is -1.05. The molecule has 0 spiro atoms. The summed E-state index contributed by atoms with van der Waals surface area (Å²) in [4.78, 5) is 14.6. The van der Waals surface area contributed by atoms with E-state index >= 15 is 0 Å². The fourth-order valence-electron chi connectivity index (χ4n) is 1.17. The van der Waals surface area contributed by atoms with Crippen molar-refractivity contribution in [3.05, 3.63) is 35.0 Å². The van der Waals surface area contributed by atoms with Gasteiger partial charge in [0.1, 0.15) is 5.82 Å². The molecule has 0 bridgehead atoms. The van der Waals surface area contributed by atoms with Crippen molar-refractivity contribution in [1.82, 2.24) is 4.98 Å². The maximum atomic E-state index is 10.7. The number of nitrogens with zero attached hydrogens (tertiary/aromatic N) is 1. The number of halogens is 1. The van der Waals surface area contributed by atoms with Gasteiger partial charge in [-0.25, -0.2) is 9.78 Å². The van der Waals surface area contributed by atoms with Crippen LogP contribution in [0.25, 0.3) is 0 Å². The molecule has 0 saturated heterocycles. The van der Waals surface area contributed by atoms with Crippen molar-refractivity contribution in [1.29, 1.82) is 0 Å². The minimum absolute atomic E-state index is 0.0593. The lowest BCUT2D eigenvalue weighted by Crippen LogP contribution is -2.12. The number of ether oxygens (including phenoxy) is 1. The number of carbonyl (C=O) groups is 1. The molecule has 0 radical (unpaired) electrons. The third kappa shape index (κ3) is 4.73. The monoisotopic (exact) mass is 270 g/mol. The van der Waals surface area contributed by atoms with E-state index in [2.05, 4.69) is 16.9 Å². The van der Waals surface area contributed by atoms with Crippen LogP contribution in [-0.2, 0) is 4.74 Å². The van der Waals surface area contributed by atoms with Crippen LogP contribution in [0.3, 0.4) is 0 Å². The van der Waals surface area contributed by atoms with E-state index in [1.54, 1.807) is 0 Å². The van der Waals surface area contributed by atoms with Gasteiger partial charge in [-0.2, -0.15) is 0 Å². The number of aromatic carboxylic acids is 1. The predicted molar refractivity (Wildman–Crippen MR) is 70.3 cm³/mol. The fraction of sp³-hybridized carbons (Fsp3) is 0.333. The molecule has 0 saturated carbocycles. The molecule has 6 heteroatoms. The largest absolute Gasteiger partial charge is 0.478 e. The molecule has 1 aromatic rings. The molecule has 0 aromatic carbocycles. The summed E-state index contributed by atoms with van der Waals surface area (Å²) in [6.45, 7) is 7.14. The second-order valence-electron chi connectivity index (χ2n) is 3.80. The number of hydrogen-bond acceptors (Lipinski definition) is 4. The highest BCUT2D eigenvalue weighted by Crippen LogP contribution is 2.19. The minimum Gasteiger partial charge on any atom is -0.478 e. The van der Waals surface area contributed by atoms with Gasteiger partial charge < -0.3 is 15.2 Å². The molecule has 98 valence electrons. The van der Waals surface area contributed by atoms with Crippen molar-refractivity contribution >= 4 is 23.4 Å². The second kappa shape index (κ2) is 6.98. The van der Waals surface area contributed by atoms with Crippen LogP contribution < -0.4 is 5.32 Å². The topological polar surface area (TPSA) is 71.5 Å². The van der Waals surface area contributed by atoms with Crippen molar-refractivity contribution < 1.29 is 14.6 Å². The van der Waals surface area contributed by atoms with Gasteiger partial charge >= 0.3 is 5.97 Å². The highest BCUT2D eigenvalue weighted by molar-refractivity contribution is 6.33. The Morgan fingerprint density at radius 2 is 2.39 bits per heavy atom. The van der Waals surface area contributed by atoms with Crippen molar-refractivity contribution in [2.75, 3.05) is 25.1 Å². The van der Waals surface area contributed by atoms with Crippen LogP contribution in [0.1, 0.15) is 17.3 Å². The van der Waals surface area contributed by atoms with Gasteiger partial charge in [-0.3, -0.25) is 0 Å². The van der Waals surface area contributed by atoms with Gasteiger partial charge in [-0.15, -0.1) is 0 Å². The Labute approximate surface area is 110 Å². The number of pyridine rings is 1. The maximum Gasteiger partial charge on any atom is 0.337 e. The molecule has 0 aliphatic rings. The number of hydrogen-bond donors (Lipinski definition) is 2. The summed E-state index contributed by atoms with van der Waals surface area (Å²) in [5, 5.41) is 12.0. The fourth-order valence-corrected chi connectivity index (χ4v) is 1.41. The van der Waals surface area contributed by atoms with Gasteiger partial charge in [0.2, 0.25) is 0 Å². The Hall–Kier alpha value is -1.59. The van der Waals surface area contributed by atoms with Crippen LogP contribution in [0.2, 0.25) is 5.02 Å². The second-order valence-corrected chi connectivity index (χ2v) is 4.20. The molecule has 5 nitrogen and oxygen atoms in total. The van der Waals surface area contributed by atoms with Gasteiger partial charge in [0.25, 0.3) is 0 Å². The van der Waals surface area contributed by atoms with Crippen molar-refractivity contribution in [2.24, 2.45) is 0 Å². The van der Waals surface area contributed by atoms with Gasteiger partial charge in [-0.1, -0.05) is 23.8 Å². The highest BCUT2D eigenvalue weighted by Gasteiger charge is 2.07. The van der Waals surface area contributed by atoms with Gasteiger partial charge in [0, 0.05) is 12.7 Å². The smallest absolute Gasteiger partial charge is 0.337 e. The third-order valence-corrected chi connectivity index (χ3v) is 2.26. The molecule has 0 unspecified atom stereocenters. The van der Waals surface area contributed by atoms with Gasteiger partial charge in [-0.05, 0) is 13.0 Å². The molecule has 1 heterocycles. The third-order valence-electron chi connectivity index (χ3n) is 1.98. The average Bonchev–Trinajstić information content (AvgIpc) is 2.29. The molecule has 18 heavy (non-hydrogen) atoms. The number of carboxylic acid groups (broad SMARTS) is 1. The molecule has 0 aliphatic carbocycles. The van der Waals surface area contributed by atoms with Crippen LogP contribution in [0.5, 0.6) is 0 Å². The first-order valence-corrected chi connectivity index (χ1v) is 5.73. The van der Waals surface area contributed by atoms with E-state index in [0.717, 1.165) is 5.57 Å². The van der Waals surface area contributed by atoms with E-state index in [1.807, 2.05) is 6.92 Å². The summed E-state index contributed by atoms with van der Waals surface area (Å²) < 4.78 is 5.29. The normalized spacial score (nSPS) is 10.1. The Morgan fingerprint density at radius 3 is 2.94 bits per heavy atom. The van der Waals surface area contributed by atoms with Crippen LogP contribution in [0, 0.1) is 0 Å². The zero-order valence-corrected chi connectivity index (χ0v) is 10.8. The molecule has 1 aromatic heterocycles. The molecule has 1 rings (SSSR count). The number of rotatable bonds is 7. The summed E-state index contributed by atoms with van der Waals surface area (Å²) in [5.41, 5.74) is 1.01. The Balaban J connectivity index is 2.43. The van der Waals surface area contributed by atoms with Crippen molar-refractivity contribution in [3.63, 3.8) is 0 Å². The van der Waals surface area contributed by atoms with Gasteiger partial charge in [0.05, 0.1) is 23.8 Å². The molecule has 0 amide bonds. The number of anilines is 1. The quantitative estimate of drug-likeness (QED) is 0.588. The van der Waals surface area contributed by atoms with E-state index in [4.69, 9.17) is 21.4 Å². The first-order valence-electron chi connectivity index (χ1n) is 5.35. The summed E-state index contributed by atoms with van der Waals surface area (Å²) in [6.07, 6.45) is 1.26. The zero-order chi connectivity index (χ0) is 13.5. The average molecular weight is 271 g/mol. The number of aromatic nitrogens is 1. The summed E-state index contributed by atoms with van der Waals surface area (Å²) in [6, 6.07) is 1.36. The zero-order valence-electron chi connectivity index (χ0n) is 10.1. The molecule has 0 aliphatic heterocycles. The maximum absolute atomic E-state index is 10.7. The summed E-state index contributed by atoms with van der Waals surface area (Å²) in [5.74, 6) is -0.610. The SMILES string of the molecule is C=C(C)COCCNc1ncc(C(=O)O)cc1Cl. The van der Waals surface area contributed by atoms with Crippen LogP contribution >= 0.6 is 11.6 Å². The first kappa shape index (κ1) is 14.5. The molecular weight excluding hydrogens is 256 g/mol. The highest BCUT2D eigenvalue weighted by atomic mass is 35.5. The Bertz CT molecular complexity index is 449. The van der Waals surface area contributed by atoms with Crippen molar-refractivity contribution in [2.45, 2.75) is 6.92 Å². The van der Waals surface area contributed by atoms with Crippen LogP contribution in [0.4, 0.5) is 5.82 Å². The van der Waals surface area contributed by atoms with E-state index in [0.29, 0.717) is 25.6 Å². The lowest BCUT2D eigenvalue weighted by molar-refractivity contribution is 0.0696. The van der Waals surface area contributed by atoms with Crippen LogP contribution in [0.15, 0.2) is 24.4 Å². The Morgan fingerprint density at radius 1 is 1.67 bits per heavy atom. The summed E-state index contributed by atoms with van der Waals surface area (Å²) >= 11 is 5.89.